The van der Waals surface area contributed by atoms with Gasteiger partial charge in [0.25, 0.3) is 0 Å². The Morgan fingerprint density at radius 2 is 2.04 bits per heavy atom. The third-order valence-corrected chi connectivity index (χ3v) is 4.18. The highest BCUT2D eigenvalue weighted by atomic mass is 127. The van der Waals surface area contributed by atoms with Gasteiger partial charge in [-0.15, -0.1) is 24.0 Å². The standard InChI is InChI=1S/C19H26F3N5.HI/c1-4-23-18(25-11-15-12-26-27(3)13-15)24-9-8-14(2)16-6-5-7-17(10-16)19(20,21)22;/h5-7,10,12-14H,4,8-9,11H2,1-3H3,(H2,23,24,25);1H. The van der Waals surface area contributed by atoms with Crippen molar-refractivity contribution in [3.63, 3.8) is 0 Å². The average molecular weight is 509 g/mol. The summed E-state index contributed by atoms with van der Waals surface area (Å²) in [5.74, 6) is 0.679. The number of nitrogens with one attached hydrogen (secondary N) is 2. The normalized spacial score (nSPS) is 13.0. The summed E-state index contributed by atoms with van der Waals surface area (Å²) in [5.41, 5.74) is 1.09. The third-order valence-electron chi connectivity index (χ3n) is 4.18. The first-order valence-electron chi connectivity index (χ1n) is 8.96. The molecule has 0 saturated heterocycles. The number of nitrogens with zero attached hydrogens (tertiary/aromatic N) is 3. The van der Waals surface area contributed by atoms with Gasteiger partial charge in [-0.05, 0) is 30.9 Å². The van der Waals surface area contributed by atoms with E-state index in [4.69, 9.17) is 0 Å². The molecule has 1 aromatic heterocycles. The zero-order chi connectivity index (χ0) is 19.9. The Bertz CT molecular complexity index is 758. The molecule has 0 fully saturated rings. The van der Waals surface area contributed by atoms with Crippen molar-refractivity contribution < 1.29 is 13.2 Å². The van der Waals surface area contributed by atoms with Gasteiger partial charge >= 0.3 is 6.18 Å². The van der Waals surface area contributed by atoms with Crippen LogP contribution in [0.25, 0.3) is 0 Å². The maximum atomic E-state index is 12.9. The quantitative estimate of drug-likeness (QED) is 0.333. The number of hydrogen-bond acceptors (Lipinski definition) is 2. The van der Waals surface area contributed by atoms with Gasteiger partial charge in [-0.1, -0.05) is 25.1 Å². The molecule has 1 heterocycles. The molecule has 0 radical (unpaired) electrons. The van der Waals surface area contributed by atoms with Crippen molar-refractivity contribution in [3.05, 3.63) is 53.3 Å². The first-order chi connectivity index (χ1) is 12.8. The summed E-state index contributed by atoms with van der Waals surface area (Å²) in [5, 5.41) is 10.5. The molecule has 28 heavy (non-hydrogen) atoms. The van der Waals surface area contributed by atoms with Crippen LogP contribution in [0.15, 0.2) is 41.7 Å². The van der Waals surface area contributed by atoms with Crippen molar-refractivity contribution in [2.75, 3.05) is 13.1 Å². The maximum absolute atomic E-state index is 12.9. The molecule has 5 nitrogen and oxygen atoms in total. The van der Waals surface area contributed by atoms with Crippen LogP contribution in [-0.4, -0.2) is 28.8 Å². The first-order valence-corrected chi connectivity index (χ1v) is 8.96. The molecule has 2 N–H and O–H groups in total. The number of halogens is 4. The number of hydrogen-bond donors (Lipinski definition) is 2. The Morgan fingerprint density at radius 1 is 1.29 bits per heavy atom. The molecule has 1 atom stereocenters. The van der Waals surface area contributed by atoms with E-state index < -0.39 is 11.7 Å². The molecule has 9 heteroatoms. The van der Waals surface area contributed by atoms with Gasteiger partial charge in [-0.3, -0.25) is 4.68 Å². The van der Waals surface area contributed by atoms with Gasteiger partial charge in [0, 0.05) is 31.9 Å². The van der Waals surface area contributed by atoms with E-state index in [0.29, 0.717) is 31.0 Å². The number of rotatable bonds is 7. The van der Waals surface area contributed by atoms with Crippen LogP contribution in [-0.2, 0) is 19.8 Å². The smallest absolute Gasteiger partial charge is 0.357 e. The second-order valence-electron chi connectivity index (χ2n) is 6.46. The maximum Gasteiger partial charge on any atom is 0.416 e. The highest BCUT2D eigenvalue weighted by Crippen LogP contribution is 2.31. The van der Waals surface area contributed by atoms with Crippen molar-refractivity contribution in [3.8, 4) is 0 Å². The lowest BCUT2D eigenvalue weighted by molar-refractivity contribution is -0.137. The first kappa shape index (κ1) is 24.3. The van der Waals surface area contributed by atoms with Crippen molar-refractivity contribution in [1.82, 2.24) is 20.4 Å². The molecule has 0 aliphatic rings. The summed E-state index contributed by atoms with van der Waals surface area (Å²) in [6.07, 6.45) is 0.0509. The van der Waals surface area contributed by atoms with Crippen LogP contribution in [0.2, 0.25) is 0 Å². The summed E-state index contributed by atoms with van der Waals surface area (Å²) in [6, 6.07) is 5.53. The third kappa shape index (κ3) is 7.69. The average Bonchev–Trinajstić information content (AvgIpc) is 3.04. The lowest BCUT2D eigenvalue weighted by atomic mass is 9.96. The molecule has 1 unspecified atom stereocenters. The Labute approximate surface area is 180 Å². The van der Waals surface area contributed by atoms with Gasteiger partial charge in [-0.2, -0.15) is 18.3 Å². The van der Waals surface area contributed by atoms with E-state index in [1.54, 1.807) is 16.9 Å². The second-order valence-corrected chi connectivity index (χ2v) is 6.46. The molecule has 2 rings (SSSR count). The minimum Gasteiger partial charge on any atom is -0.357 e. The van der Waals surface area contributed by atoms with E-state index in [2.05, 4.69) is 20.7 Å². The van der Waals surface area contributed by atoms with Crippen LogP contribution < -0.4 is 10.6 Å². The summed E-state index contributed by atoms with van der Waals surface area (Å²) < 4.78 is 40.3. The Kier molecular flexibility index (Phi) is 9.77. The number of alkyl halides is 3. The molecule has 0 aliphatic heterocycles. The molecule has 0 amide bonds. The number of aryl methyl sites for hydroxylation is 1. The zero-order valence-corrected chi connectivity index (χ0v) is 18.6. The van der Waals surface area contributed by atoms with Gasteiger partial charge in [0.15, 0.2) is 5.96 Å². The van der Waals surface area contributed by atoms with Gasteiger partial charge < -0.3 is 10.6 Å². The van der Waals surface area contributed by atoms with Crippen molar-refractivity contribution >= 4 is 29.9 Å². The van der Waals surface area contributed by atoms with Gasteiger partial charge in [0.2, 0.25) is 0 Å². The van der Waals surface area contributed by atoms with E-state index in [1.165, 1.54) is 12.1 Å². The fourth-order valence-electron chi connectivity index (χ4n) is 2.66. The Morgan fingerprint density at radius 3 is 2.64 bits per heavy atom. The van der Waals surface area contributed by atoms with E-state index in [1.807, 2.05) is 27.1 Å². The van der Waals surface area contributed by atoms with Gasteiger partial charge in [0.05, 0.1) is 18.3 Å². The Hall–Kier alpha value is -1.78. The molecule has 0 saturated carbocycles. The fourth-order valence-corrected chi connectivity index (χ4v) is 2.66. The van der Waals surface area contributed by atoms with Crippen LogP contribution in [0.3, 0.4) is 0 Å². The fraction of sp³-hybridized carbons (Fsp3) is 0.474. The van der Waals surface area contributed by atoms with Gasteiger partial charge in [-0.25, -0.2) is 4.99 Å². The van der Waals surface area contributed by atoms with Crippen LogP contribution in [0.4, 0.5) is 13.2 Å². The minimum absolute atomic E-state index is 0. The summed E-state index contributed by atoms with van der Waals surface area (Å²) in [7, 11) is 1.85. The van der Waals surface area contributed by atoms with Gasteiger partial charge in [0.1, 0.15) is 0 Å². The highest BCUT2D eigenvalue weighted by Gasteiger charge is 2.30. The zero-order valence-electron chi connectivity index (χ0n) is 16.3. The largest absolute Gasteiger partial charge is 0.416 e. The molecular weight excluding hydrogens is 482 g/mol. The van der Waals surface area contributed by atoms with E-state index in [-0.39, 0.29) is 29.9 Å². The number of guanidine groups is 1. The predicted octanol–water partition coefficient (Wildman–Crippen LogP) is 4.31. The van der Waals surface area contributed by atoms with Crippen LogP contribution in [0, 0.1) is 0 Å². The van der Waals surface area contributed by atoms with E-state index in [0.717, 1.165) is 18.2 Å². The number of aliphatic imine (C=N–C) groups is 1. The minimum atomic E-state index is -4.31. The SMILES string of the molecule is CCNC(=NCc1cnn(C)c1)NCCC(C)c1cccc(C(F)(F)F)c1.I. The van der Waals surface area contributed by atoms with Crippen LogP contribution >= 0.6 is 24.0 Å². The van der Waals surface area contributed by atoms with Crippen molar-refractivity contribution in [1.29, 1.82) is 0 Å². The summed E-state index contributed by atoms with van der Waals surface area (Å²) in [4.78, 5) is 4.51. The molecule has 156 valence electrons. The Balaban J connectivity index is 0.00000392. The van der Waals surface area contributed by atoms with E-state index >= 15 is 0 Å². The number of benzene rings is 1. The second kappa shape index (κ2) is 11.3. The summed E-state index contributed by atoms with van der Waals surface area (Å²) in [6.45, 7) is 5.74. The monoisotopic (exact) mass is 509 g/mol. The molecule has 0 bridgehead atoms. The molecule has 2 aromatic rings. The molecular formula is C19H27F3IN5. The lowest BCUT2D eigenvalue weighted by Crippen LogP contribution is -2.38. The summed E-state index contributed by atoms with van der Waals surface area (Å²) >= 11 is 0. The molecule has 1 aromatic carbocycles. The van der Waals surface area contributed by atoms with Crippen LogP contribution in [0.1, 0.15) is 42.9 Å². The van der Waals surface area contributed by atoms with Crippen molar-refractivity contribution in [2.24, 2.45) is 12.0 Å². The topological polar surface area (TPSA) is 54.2 Å². The van der Waals surface area contributed by atoms with Crippen molar-refractivity contribution in [2.45, 2.75) is 38.9 Å². The lowest BCUT2D eigenvalue weighted by Gasteiger charge is -2.16. The predicted molar refractivity (Wildman–Crippen MR) is 116 cm³/mol. The molecule has 0 aliphatic carbocycles. The van der Waals surface area contributed by atoms with E-state index in [9.17, 15) is 13.2 Å². The highest BCUT2D eigenvalue weighted by molar-refractivity contribution is 14.0. The van der Waals surface area contributed by atoms with Crippen LogP contribution in [0.5, 0.6) is 0 Å². The molecule has 0 spiro atoms. The number of aromatic nitrogens is 2.